The van der Waals surface area contributed by atoms with E-state index in [4.69, 9.17) is 9.47 Å². The predicted octanol–water partition coefficient (Wildman–Crippen LogP) is 3.93. The zero-order valence-electron chi connectivity index (χ0n) is 15.8. The molecule has 4 rings (SSSR count). The van der Waals surface area contributed by atoms with E-state index in [0.29, 0.717) is 22.7 Å². The number of anilines is 2. The number of nitrogens with one attached hydrogen (secondary N) is 2. The number of rotatable bonds is 6. The van der Waals surface area contributed by atoms with Crippen LogP contribution in [0.3, 0.4) is 0 Å². The number of fused-ring (bicyclic) bond motifs is 2. The second-order valence-electron chi connectivity index (χ2n) is 6.47. The largest absolute Gasteiger partial charge is 0.497 e. The molecule has 2 N–H and O–H groups in total. The predicted molar refractivity (Wildman–Crippen MR) is 110 cm³/mol. The van der Waals surface area contributed by atoms with Gasteiger partial charge in [-0.2, -0.15) is 0 Å². The van der Waals surface area contributed by atoms with Gasteiger partial charge in [0.1, 0.15) is 5.75 Å². The molecular weight excluding hydrogens is 410 g/mol. The Morgan fingerprint density at radius 1 is 1.10 bits per heavy atom. The van der Waals surface area contributed by atoms with Crippen molar-refractivity contribution in [3.05, 3.63) is 76.3 Å². The number of hydrogen-bond acceptors (Lipinski definition) is 7. The van der Waals surface area contributed by atoms with Gasteiger partial charge in [0.2, 0.25) is 10.0 Å². The maximum absolute atomic E-state index is 12.8. The first-order valence-corrected chi connectivity index (χ1v) is 10.3. The highest BCUT2D eigenvalue weighted by atomic mass is 32.2. The van der Waals surface area contributed by atoms with Gasteiger partial charge in [-0.25, -0.2) is 13.1 Å². The van der Waals surface area contributed by atoms with Crippen LogP contribution in [-0.4, -0.2) is 20.5 Å². The van der Waals surface area contributed by atoms with Crippen molar-refractivity contribution in [2.24, 2.45) is 0 Å². The third-order valence-corrected chi connectivity index (χ3v) is 5.93. The van der Waals surface area contributed by atoms with Crippen molar-refractivity contribution in [1.82, 2.24) is 4.72 Å². The van der Waals surface area contributed by atoms with Crippen LogP contribution >= 0.6 is 0 Å². The van der Waals surface area contributed by atoms with Gasteiger partial charge < -0.3 is 14.8 Å². The molecule has 0 bridgehead atoms. The van der Waals surface area contributed by atoms with Crippen LogP contribution in [-0.2, 0) is 16.6 Å². The number of hydrogen-bond donors (Lipinski definition) is 2. The lowest BCUT2D eigenvalue weighted by atomic mass is 10.2. The Morgan fingerprint density at radius 3 is 2.53 bits per heavy atom. The Hall–Kier alpha value is -3.63. The summed E-state index contributed by atoms with van der Waals surface area (Å²) >= 11 is 0. The Bertz CT molecular complexity index is 1230. The van der Waals surface area contributed by atoms with E-state index in [-0.39, 0.29) is 22.9 Å². The van der Waals surface area contributed by atoms with Crippen molar-refractivity contribution in [1.29, 1.82) is 0 Å². The summed E-state index contributed by atoms with van der Waals surface area (Å²) < 4.78 is 38.8. The number of benzene rings is 3. The maximum Gasteiger partial charge on any atom is 0.297 e. The molecule has 0 atom stereocenters. The molecule has 154 valence electrons. The summed E-state index contributed by atoms with van der Waals surface area (Å²) in [5.74, 6) is 1.16. The quantitative estimate of drug-likeness (QED) is 0.353. The van der Waals surface area contributed by atoms with Crippen molar-refractivity contribution in [3.63, 3.8) is 0 Å². The van der Waals surface area contributed by atoms with Crippen LogP contribution in [0, 0.1) is 10.1 Å². The summed E-state index contributed by atoms with van der Waals surface area (Å²) in [6, 6.07) is 16.0. The summed E-state index contributed by atoms with van der Waals surface area (Å²) in [6.45, 7) is 0.0130. The second kappa shape index (κ2) is 7.65. The van der Waals surface area contributed by atoms with Gasteiger partial charge in [0.05, 0.1) is 22.6 Å². The molecule has 10 heteroatoms. The Labute approximate surface area is 172 Å². The molecule has 0 aliphatic carbocycles. The van der Waals surface area contributed by atoms with E-state index in [0.717, 1.165) is 6.07 Å². The van der Waals surface area contributed by atoms with E-state index in [1.54, 1.807) is 48.5 Å². The number of nitro benzene ring substituents is 1. The molecule has 1 aliphatic heterocycles. The molecule has 1 heterocycles. The highest BCUT2D eigenvalue weighted by molar-refractivity contribution is 7.89. The van der Waals surface area contributed by atoms with Crippen LogP contribution in [0.2, 0.25) is 0 Å². The molecule has 0 fully saturated rings. The van der Waals surface area contributed by atoms with Crippen molar-refractivity contribution in [2.45, 2.75) is 11.4 Å². The molecule has 9 nitrogen and oxygen atoms in total. The second-order valence-corrected chi connectivity index (χ2v) is 8.24. The fourth-order valence-corrected chi connectivity index (χ4v) is 4.05. The summed E-state index contributed by atoms with van der Waals surface area (Å²) in [6.07, 6.45) is 0. The third-order valence-electron chi connectivity index (χ3n) is 4.55. The topological polar surface area (TPSA) is 120 Å². The lowest BCUT2D eigenvalue weighted by Crippen LogP contribution is -2.23. The van der Waals surface area contributed by atoms with Crippen LogP contribution in [0.15, 0.2) is 65.6 Å². The minimum atomic E-state index is -4.03. The first kappa shape index (κ1) is 19.7. The number of methoxy groups -OCH3 is 1. The average molecular weight is 427 g/mol. The molecule has 3 aromatic carbocycles. The van der Waals surface area contributed by atoms with Gasteiger partial charge >= 0.3 is 0 Å². The van der Waals surface area contributed by atoms with Gasteiger partial charge in [-0.15, -0.1) is 0 Å². The average Bonchev–Trinajstić information content (AvgIpc) is 2.75. The number of nitro groups is 1. The van der Waals surface area contributed by atoms with Gasteiger partial charge in [0.15, 0.2) is 17.2 Å². The number of nitrogens with zero attached hydrogens (tertiary/aromatic N) is 1. The molecule has 0 unspecified atom stereocenters. The fraction of sp³-hybridized carbons (Fsp3) is 0.100. The highest BCUT2D eigenvalue weighted by Gasteiger charge is 2.29. The fourth-order valence-electron chi connectivity index (χ4n) is 3.00. The van der Waals surface area contributed by atoms with E-state index in [1.165, 1.54) is 13.2 Å². The maximum atomic E-state index is 12.8. The lowest BCUT2D eigenvalue weighted by Gasteiger charge is -2.22. The standard InChI is InChI=1S/C20H17N3O6S/c1-28-14-8-6-13(7-9-14)12-21-30(26,27)15-10-17(23(24)25)20-19(11-15)29-18-5-3-2-4-16(18)22-20/h2-11,21-22H,12H2,1H3. The SMILES string of the molecule is COc1ccc(CNS(=O)(=O)c2cc3c(c([N+](=O)[O-])c2)Nc2ccccc2O3)cc1. The molecule has 0 radical (unpaired) electrons. The zero-order valence-corrected chi connectivity index (χ0v) is 16.6. The molecular formula is C20H17N3O6S. The molecule has 0 saturated carbocycles. The first-order valence-electron chi connectivity index (χ1n) is 8.86. The van der Waals surface area contributed by atoms with E-state index in [1.807, 2.05) is 0 Å². The van der Waals surface area contributed by atoms with Gasteiger partial charge in [-0.3, -0.25) is 10.1 Å². The van der Waals surface area contributed by atoms with Gasteiger partial charge in [0.25, 0.3) is 5.69 Å². The van der Waals surface area contributed by atoms with E-state index >= 15 is 0 Å². The smallest absolute Gasteiger partial charge is 0.297 e. The van der Waals surface area contributed by atoms with E-state index < -0.39 is 20.6 Å². The van der Waals surface area contributed by atoms with Crippen molar-refractivity contribution in [2.75, 3.05) is 12.4 Å². The van der Waals surface area contributed by atoms with Crippen molar-refractivity contribution < 1.29 is 22.8 Å². The van der Waals surface area contributed by atoms with Gasteiger partial charge in [0, 0.05) is 18.7 Å². The van der Waals surface area contributed by atoms with E-state index in [2.05, 4.69) is 10.0 Å². The summed E-state index contributed by atoms with van der Waals surface area (Å²) in [5.41, 5.74) is 0.972. The summed E-state index contributed by atoms with van der Waals surface area (Å²) in [7, 11) is -2.50. The summed E-state index contributed by atoms with van der Waals surface area (Å²) in [5, 5.41) is 14.5. The van der Waals surface area contributed by atoms with Crippen molar-refractivity contribution >= 4 is 27.1 Å². The number of ether oxygens (including phenoxy) is 2. The highest BCUT2D eigenvalue weighted by Crippen LogP contribution is 2.47. The normalized spacial score (nSPS) is 12.2. The molecule has 30 heavy (non-hydrogen) atoms. The van der Waals surface area contributed by atoms with Crippen LogP contribution in [0.4, 0.5) is 17.1 Å². The third kappa shape index (κ3) is 3.78. The number of sulfonamides is 1. The van der Waals surface area contributed by atoms with Crippen LogP contribution in [0.25, 0.3) is 0 Å². The molecule has 3 aromatic rings. The first-order chi connectivity index (χ1) is 14.4. The molecule has 0 aromatic heterocycles. The van der Waals surface area contributed by atoms with Crippen LogP contribution in [0.5, 0.6) is 17.2 Å². The van der Waals surface area contributed by atoms with Gasteiger partial charge in [-0.1, -0.05) is 24.3 Å². The van der Waals surface area contributed by atoms with Gasteiger partial charge in [-0.05, 0) is 29.8 Å². The number of para-hydroxylation sites is 2. The molecule has 1 aliphatic rings. The van der Waals surface area contributed by atoms with Crippen LogP contribution < -0.4 is 19.5 Å². The minimum absolute atomic E-state index is 0.0130. The Balaban J connectivity index is 1.65. The molecule has 0 spiro atoms. The Kier molecular flexibility index (Phi) is 5.02. The van der Waals surface area contributed by atoms with E-state index in [9.17, 15) is 18.5 Å². The Morgan fingerprint density at radius 2 is 1.83 bits per heavy atom. The monoisotopic (exact) mass is 427 g/mol. The summed E-state index contributed by atoms with van der Waals surface area (Å²) in [4.78, 5) is 10.7. The van der Waals surface area contributed by atoms with Crippen molar-refractivity contribution in [3.8, 4) is 17.2 Å². The van der Waals surface area contributed by atoms with Crippen LogP contribution in [0.1, 0.15) is 5.56 Å². The minimum Gasteiger partial charge on any atom is -0.497 e. The zero-order chi connectivity index (χ0) is 21.3. The lowest BCUT2D eigenvalue weighted by molar-refractivity contribution is -0.384. The molecule has 0 saturated heterocycles. The molecule has 0 amide bonds.